The lowest BCUT2D eigenvalue weighted by Gasteiger charge is -2.48. The Morgan fingerprint density at radius 2 is 1.90 bits per heavy atom. The molecule has 3 heteroatoms. The molecule has 3 rings (SSSR count). The SMILES string of the molecule is CC1CN(Cc2ccncc2)C(C)(c2ccccc2)CN1. The summed E-state index contributed by atoms with van der Waals surface area (Å²) >= 11 is 0. The maximum Gasteiger partial charge on any atom is 0.0561 e. The van der Waals surface area contributed by atoms with E-state index in [9.17, 15) is 0 Å². The van der Waals surface area contributed by atoms with E-state index in [2.05, 4.69) is 71.5 Å². The second-order valence-electron chi connectivity index (χ2n) is 6.16. The minimum atomic E-state index is 0.0248. The van der Waals surface area contributed by atoms with E-state index in [0.29, 0.717) is 6.04 Å². The second kappa shape index (κ2) is 5.96. The molecule has 1 aromatic carbocycles. The first-order valence-corrected chi connectivity index (χ1v) is 7.61. The molecule has 1 N–H and O–H groups in total. The highest BCUT2D eigenvalue weighted by Gasteiger charge is 2.37. The monoisotopic (exact) mass is 281 g/mol. The van der Waals surface area contributed by atoms with Crippen molar-refractivity contribution in [3.05, 3.63) is 66.0 Å². The lowest BCUT2D eigenvalue weighted by molar-refractivity contribution is 0.0458. The third-order valence-corrected chi connectivity index (χ3v) is 4.51. The van der Waals surface area contributed by atoms with Crippen LogP contribution in [0.4, 0.5) is 0 Å². The van der Waals surface area contributed by atoms with Gasteiger partial charge in [0.25, 0.3) is 0 Å². The van der Waals surface area contributed by atoms with Crippen molar-refractivity contribution in [3.63, 3.8) is 0 Å². The molecule has 2 heterocycles. The van der Waals surface area contributed by atoms with Gasteiger partial charge in [0.2, 0.25) is 0 Å². The number of hydrogen-bond donors (Lipinski definition) is 1. The minimum absolute atomic E-state index is 0.0248. The van der Waals surface area contributed by atoms with Gasteiger partial charge in [0, 0.05) is 38.1 Å². The van der Waals surface area contributed by atoms with Crippen LogP contribution in [0.25, 0.3) is 0 Å². The molecule has 2 aromatic rings. The predicted octanol–water partition coefficient (Wildman–Crippen LogP) is 2.79. The van der Waals surface area contributed by atoms with Crippen molar-refractivity contribution in [2.24, 2.45) is 0 Å². The Morgan fingerprint density at radius 3 is 2.62 bits per heavy atom. The molecule has 3 nitrogen and oxygen atoms in total. The fraction of sp³-hybridized carbons (Fsp3) is 0.389. The molecule has 1 aliphatic rings. The molecule has 0 amide bonds. The zero-order valence-electron chi connectivity index (χ0n) is 12.8. The summed E-state index contributed by atoms with van der Waals surface area (Å²) in [5.74, 6) is 0. The number of piperazine rings is 1. The van der Waals surface area contributed by atoms with E-state index in [4.69, 9.17) is 0 Å². The highest BCUT2D eigenvalue weighted by Crippen LogP contribution is 2.31. The van der Waals surface area contributed by atoms with Crippen LogP contribution in [-0.2, 0) is 12.1 Å². The summed E-state index contributed by atoms with van der Waals surface area (Å²) in [6.07, 6.45) is 3.75. The van der Waals surface area contributed by atoms with Crippen LogP contribution in [-0.4, -0.2) is 29.0 Å². The van der Waals surface area contributed by atoms with E-state index >= 15 is 0 Å². The summed E-state index contributed by atoms with van der Waals surface area (Å²) in [5.41, 5.74) is 2.72. The average molecular weight is 281 g/mol. The van der Waals surface area contributed by atoms with Crippen LogP contribution in [0.5, 0.6) is 0 Å². The van der Waals surface area contributed by atoms with Gasteiger partial charge in [-0.25, -0.2) is 0 Å². The van der Waals surface area contributed by atoms with Gasteiger partial charge in [-0.05, 0) is 37.1 Å². The molecule has 2 atom stereocenters. The topological polar surface area (TPSA) is 28.2 Å². The van der Waals surface area contributed by atoms with Crippen LogP contribution < -0.4 is 5.32 Å². The minimum Gasteiger partial charge on any atom is -0.311 e. The summed E-state index contributed by atoms with van der Waals surface area (Å²) < 4.78 is 0. The van der Waals surface area contributed by atoms with Crippen LogP contribution in [0.3, 0.4) is 0 Å². The Hall–Kier alpha value is -1.71. The molecule has 21 heavy (non-hydrogen) atoms. The first kappa shape index (κ1) is 14.2. The molecule has 1 aromatic heterocycles. The molecule has 110 valence electrons. The highest BCUT2D eigenvalue weighted by atomic mass is 15.3. The van der Waals surface area contributed by atoms with Gasteiger partial charge in [0.05, 0.1) is 5.54 Å². The van der Waals surface area contributed by atoms with Gasteiger partial charge >= 0.3 is 0 Å². The number of rotatable bonds is 3. The van der Waals surface area contributed by atoms with Crippen molar-refractivity contribution in [2.45, 2.75) is 32.0 Å². The maximum atomic E-state index is 4.12. The first-order chi connectivity index (χ1) is 10.2. The standard InChI is InChI=1S/C18H23N3/c1-15-12-21(13-16-8-10-19-11-9-16)18(2,14-20-15)17-6-4-3-5-7-17/h3-11,15,20H,12-14H2,1-2H3. The van der Waals surface area contributed by atoms with E-state index in [-0.39, 0.29) is 5.54 Å². The van der Waals surface area contributed by atoms with Crippen LogP contribution in [0.1, 0.15) is 25.0 Å². The van der Waals surface area contributed by atoms with Crippen molar-refractivity contribution < 1.29 is 0 Å². The molecule has 1 aliphatic heterocycles. The van der Waals surface area contributed by atoms with Crippen molar-refractivity contribution in [3.8, 4) is 0 Å². The van der Waals surface area contributed by atoms with E-state index in [1.165, 1.54) is 11.1 Å². The van der Waals surface area contributed by atoms with Crippen LogP contribution in [0.2, 0.25) is 0 Å². The van der Waals surface area contributed by atoms with E-state index in [0.717, 1.165) is 19.6 Å². The highest BCUT2D eigenvalue weighted by molar-refractivity contribution is 5.26. The number of benzene rings is 1. The van der Waals surface area contributed by atoms with Crippen LogP contribution in [0.15, 0.2) is 54.9 Å². The zero-order chi connectivity index (χ0) is 14.7. The molecule has 0 radical (unpaired) electrons. The van der Waals surface area contributed by atoms with Crippen LogP contribution >= 0.6 is 0 Å². The molecular weight excluding hydrogens is 258 g/mol. The third kappa shape index (κ3) is 2.99. The smallest absolute Gasteiger partial charge is 0.0561 e. The zero-order valence-corrected chi connectivity index (χ0v) is 12.8. The summed E-state index contributed by atoms with van der Waals surface area (Å²) in [6.45, 7) is 7.57. The van der Waals surface area contributed by atoms with E-state index < -0.39 is 0 Å². The van der Waals surface area contributed by atoms with Crippen molar-refractivity contribution in [1.29, 1.82) is 0 Å². The van der Waals surface area contributed by atoms with Gasteiger partial charge in [0.1, 0.15) is 0 Å². The third-order valence-electron chi connectivity index (χ3n) is 4.51. The molecule has 2 unspecified atom stereocenters. The van der Waals surface area contributed by atoms with Gasteiger partial charge in [-0.3, -0.25) is 9.88 Å². The maximum absolute atomic E-state index is 4.12. The Labute approximate surface area is 127 Å². The van der Waals surface area contributed by atoms with E-state index in [1.807, 2.05) is 12.4 Å². The van der Waals surface area contributed by atoms with Crippen molar-refractivity contribution >= 4 is 0 Å². The fourth-order valence-corrected chi connectivity index (χ4v) is 3.11. The van der Waals surface area contributed by atoms with Gasteiger partial charge in [0.15, 0.2) is 0 Å². The lowest BCUT2D eigenvalue weighted by atomic mass is 9.86. The summed E-state index contributed by atoms with van der Waals surface area (Å²) in [6, 6.07) is 15.5. The molecule has 0 aliphatic carbocycles. The number of pyridine rings is 1. The summed E-state index contributed by atoms with van der Waals surface area (Å²) in [4.78, 5) is 6.70. The van der Waals surface area contributed by atoms with E-state index in [1.54, 1.807) is 0 Å². The number of hydrogen-bond acceptors (Lipinski definition) is 3. The molecule has 1 saturated heterocycles. The molecule has 0 spiro atoms. The van der Waals surface area contributed by atoms with Gasteiger partial charge < -0.3 is 5.32 Å². The summed E-state index contributed by atoms with van der Waals surface area (Å²) in [7, 11) is 0. The van der Waals surface area contributed by atoms with Gasteiger partial charge in [-0.2, -0.15) is 0 Å². The second-order valence-corrected chi connectivity index (χ2v) is 6.16. The number of nitrogens with one attached hydrogen (secondary N) is 1. The van der Waals surface area contributed by atoms with Crippen molar-refractivity contribution in [2.75, 3.05) is 13.1 Å². The Bertz CT molecular complexity index is 570. The van der Waals surface area contributed by atoms with Crippen LogP contribution in [0, 0.1) is 0 Å². The first-order valence-electron chi connectivity index (χ1n) is 7.61. The Balaban J connectivity index is 1.90. The molecule has 1 fully saturated rings. The normalized spacial score (nSPS) is 26.7. The van der Waals surface area contributed by atoms with Crippen molar-refractivity contribution in [1.82, 2.24) is 15.2 Å². The summed E-state index contributed by atoms with van der Waals surface area (Å²) in [5, 5.41) is 3.63. The quantitative estimate of drug-likeness (QED) is 0.937. The lowest BCUT2D eigenvalue weighted by Crippen LogP contribution is -2.60. The fourth-order valence-electron chi connectivity index (χ4n) is 3.11. The predicted molar refractivity (Wildman–Crippen MR) is 85.9 cm³/mol. The molecule has 0 bridgehead atoms. The Kier molecular flexibility index (Phi) is 4.04. The Morgan fingerprint density at radius 1 is 1.19 bits per heavy atom. The van der Waals surface area contributed by atoms with Gasteiger partial charge in [-0.15, -0.1) is 0 Å². The largest absolute Gasteiger partial charge is 0.311 e. The number of nitrogens with zero attached hydrogens (tertiary/aromatic N) is 2. The number of aromatic nitrogens is 1. The molecule has 0 saturated carbocycles. The average Bonchev–Trinajstić information content (AvgIpc) is 2.53. The van der Waals surface area contributed by atoms with Gasteiger partial charge in [-0.1, -0.05) is 30.3 Å². The molecular formula is C18H23N3.